The normalized spacial score (nSPS) is 39.4. The molecule has 0 unspecified atom stereocenters. The van der Waals surface area contributed by atoms with Gasteiger partial charge in [0.15, 0.2) is 0 Å². The van der Waals surface area contributed by atoms with E-state index in [1.54, 1.807) is 12.1 Å². The van der Waals surface area contributed by atoms with E-state index in [0.29, 0.717) is 11.8 Å². The largest absolute Gasteiger partial charge is 0.507 e. The number of hydrogen-bond donors (Lipinski definition) is 1. The molecule has 3 amide bonds. The van der Waals surface area contributed by atoms with E-state index in [4.69, 9.17) is 0 Å². The monoisotopic (exact) mass is 309 g/mol. The van der Waals surface area contributed by atoms with Crippen LogP contribution in [0.5, 0.6) is 5.75 Å². The quantitative estimate of drug-likeness (QED) is 0.631. The number of likely N-dealkylation sites (tertiary alicyclic amines) is 1. The summed E-state index contributed by atoms with van der Waals surface area (Å²) in [6.07, 6.45) is 5.22. The molecule has 23 heavy (non-hydrogen) atoms. The number of phenols is 1. The van der Waals surface area contributed by atoms with E-state index in [2.05, 4.69) is 12.2 Å². The van der Waals surface area contributed by atoms with Gasteiger partial charge in [-0.05, 0) is 42.2 Å². The number of nitrogens with zero attached hydrogens (tertiary/aromatic N) is 1. The first-order valence-electron chi connectivity index (χ1n) is 7.98. The summed E-state index contributed by atoms with van der Waals surface area (Å²) < 4.78 is 0. The first-order valence-corrected chi connectivity index (χ1v) is 7.98. The van der Waals surface area contributed by atoms with Crippen LogP contribution in [-0.2, 0) is 9.59 Å². The molecule has 0 spiro atoms. The summed E-state index contributed by atoms with van der Waals surface area (Å²) in [6.45, 7) is 0. The van der Waals surface area contributed by atoms with Crippen molar-refractivity contribution in [3.63, 3.8) is 0 Å². The number of aromatic hydroxyl groups is 1. The van der Waals surface area contributed by atoms with Gasteiger partial charge in [0, 0.05) is 0 Å². The summed E-state index contributed by atoms with van der Waals surface area (Å²) >= 11 is 0. The fourth-order valence-electron chi connectivity index (χ4n) is 4.93. The lowest BCUT2D eigenvalue weighted by Gasteiger charge is -2.37. The van der Waals surface area contributed by atoms with Crippen LogP contribution in [0.4, 0.5) is 0 Å². The summed E-state index contributed by atoms with van der Waals surface area (Å²) in [6, 6.07) is 6.01. The predicted octanol–water partition coefficient (Wildman–Crippen LogP) is 1.59. The maximum absolute atomic E-state index is 12.8. The molecule has 1 heterocycles. The lowest BCUT2D eigenvalue weighted by Crippen LogP contribution is -2.40. The van der Waals surface area contributed by atoms with Crippen molar-refractivity contribution in [2.24, 2.45) is 35.5 Å². The highest BCUT2D eigenvalue weighted by Gasteiger charge is 2.67. The van der Waals surface area contributed by atoms with Gasteiger partial charge >= 0.3 is 0 Å². The van der Waals surface area contributed by atoms with Crippen LogP contribution >= 0.6 is 0 Å². The summed E-state index contributed by atoms with van der Waals surface area (Å²) in [4.78, 5) is 39.0. The number of imide groups is 3. The highest BCUT2D eigenvalue weighted by atomic mass is 16.3. The molecule has 2 saturated carbocycles. The Morgan fingerprint density at radius 3 is 2.13 bits per heavy atom. The number of carbonyl (C=O) groups excluding carboxylic acids is 3. The highest BCUT2D eigenvalue weighted by Crippen LogP contribution is 2.65. The number of rotatable bonds is 1. The standard InChI is InChI=1S/C18H15NO4/c20-13-4-2-1-3-10(13)16(21)19-17(22)14-8-5-6-9(12-7-11(8)12)15(14)18(19)23/h1-6,8-9,11-12,14-15,20H,7H2/t8-,9-,11-,12-,14+,15+/m0/s1. The van der Waals surface area contributed by atoms with Crippen LogP contribution in [0, 0.1) is 35.5 Å². The molecule has 1 aromatic rings. The second-order valence-electron chi connectivity index (χ2n) is 6.99. The van der Waals surface area contributed by atoms with Crippen LogP contribution in [0.3, 0.4) is 0 Å². The fraction of sp³-hybridized carbons (Fsp3) is 0.389. The molecule has 0 aromatic heterocycles. The average Bonchev–Trinajstić information content (AvgIpc) is 3.32. The van der Waals surface area contributed by atoms with Gasteiger partial charge in [0.2, 0.25) is 11.8 Å². The molecule has 4 aliphatic carbocycles. The fourth-order valence-corrected chi connectivity index (χ4v) is 4.93. The molecular formula is C18H15NO4. The van der Waals surface area contributed by atoms with E-state index in [0.717, 1.165) is 11.3 Å². The zero-order chi connectivity index (χ0) is 15.9. The average molecular weight is 309 g/mol. The molecule has 5 heteroatoms. The van der Waals surface area contributed by atoms with Gasteiger partial charge in [0.05, 0.1) is 17.4 Å². The Labute approximate surface area is 132 Å². The summed E-state index contributed by atoms with van der Waals surface area (Å²) in [5.74, 6) is -1.30. The molecule has 1 N–H and O–H groups in total. The van der Waals surface area contributed by atoms with Gasteiger partial charge in [-0.15, -0.1) is 0 Å². The summed E-state index contributed by atoms with van der Waals surface area (Å²) in [5, 5.41) is 9.86. The van der Waals surface area contributed by atoms with Crippen LogP contribution in [0.2, 0.25) is 0 Å². The molecule has 0 radical (unpaired) electrons. The predicted molar refractivity (Wildman–Crippen MR) is 79.0 cm³/mol. The Hall–Kier alpha value is -2.43. The minimum absolute atomic E-state index is 0.00156. The molecule has 1 saturated heterocycles. The van der Waals surface area contributed by atoms with E-state index in [9.17, 15) is 19.5 Å². The third-order valence-corrected chi connectivity index (χ3v) is 6.00. The number of para-hydroxylation sites is 1. The van der Waals surface area contributed by atoms with Crippen LogP contribution < -0.4 is 0 Å². The van der Waals surface area contributed by atoms with Crippen LogP contribution in [0.25, 0.3) is 0 Å². The van der Waals surface area contributed by atoms with Crippen LogP contribution in [-0.4, -0.2) is 27.7 Å². The second kappa shape index (κ2) is 4.10. The number of allylic oxidation sites excluding steroid dienone is 2. The summed E-state index contributed by atoms with van der Waals surface area (Å²) in [7, 11) is 0. The maximum atomic E-state index is 12.8. The van der Waals surface area contributed by atoms with Gasteiger partial charge in [-0.25, -0.2) is 4.90 Å². The van der Waals surface area contributed by atoms with Gasteiger partial charge < -0.3 is 5.11 Å². The van der Waals surface area contributed by atoms with Crippen molar-refractivity contribution in [1.29, 1.82) is 0 Å². The van der Waals surface area contributed by atoms with E-state index < -0.39 is 29.6 Å². The minimum Gasteiger partial charge on any atom is -0.507 e. The van der Waals surface area contributed by atoms with Crippen molar-refractivity contribution >= 4 is 17.7 Å². The van der Waals surface area contributed by atoms with Gasteiger partial charge in [-0.3, -0.25) is 14.4 Å². The second-order valence-corrected chi connectivity index (χ2v) is 6.99. The molecule has 3 fully saturated rings. The molecule has 116 valence electrons. The van der Waals surface area contributed by atoms with E-state index in [1.165, 1.54) is 12.1 Å². The zero-order valence-electron chi connectivity index (χ0n) is 12.3. The third kappa shape index (κ3) is 1.49. The Bertz CT molecular complexity index is 762. The molecule has 5 nitrogen and oxygen atoms in total. The number of benzene rings is 1. The maximum Gasteiger partial charge on any atom is 0.271 e. The molecule has 2 bridgehead atoms. The first kappa shape index (κ1) is 13.0. The smallest absolute Gasteiger partial charge is 0.271 e. The first-order chi connectivity index (χ1) is 11.1. The lowest BCUT2D eigenvalue weighted by atomic mass is 9.63. The van der Waals surface area contributed by atoms with E-state index in [1.807, 2.05) is 0 Å². The van der Waals surface area contributed by atoms with Gasteiger partial charge in [0.25, 0.3) is 5.91 Å². The number of phenolic OH excluding ortho intramolecular Hbond substituents is 1. The Kier molecular flexibility index (Phi) is 2.33. The molecule has 6 atom stereocenters. The zero-order valence-corrected chi connectivity index (χ0v) is 12.3. The van der Waals surface area contributed by atoms with E-state index >= 15 is 0 Å². The highest BCUT2D eigenvalue weighted by molar-refractivity contribution is 6.22. The van der Waals surface area contributed by atoms with Gasteiger partial charge in [-0.1, -0.05) is 24.3 Å². The van der Waals surface area contributed by atoms with Crippen molar-refractivity contribution in [3.05, 3.63) is 42.0 Å². The number of hydrogen-bond acceptors (Lipinski definition) is 4. The molecule has 6 rings (SSSR count). The lowest BCUT2D eigenvalue weighted by molar-refractivity contribution is -0.136. The van der Waals surface area contributed by atoms with E-state index in [-0.39, 0.29) is 23.1 Å². The number of amides is 3. The topological polar surface area (TPSA) is 74.7 Å². The van der Waals surface area contributed by atoms with Crippen molar-refractivity contribution < 1.29 is 19.5 Å². The molecular weight excluding hydrogens is 294 g/mol. The van der Waals surface area contributed by atoms with Gasteiger partial charge in [-0.2, -0.15) is 0 Å². The van der Waals surface area contributed by atoms with Crippen molar-refractivity contribution in [3.8, 4) is 5.75 Å². The Morgan fingerprint density at radius 2 is 1.57 bits per heavy atom. The third-order valence-electron chi connectivity index (χ3n) is 6.00. The Morgan fingerprint density at radius 1 is 1.00 bits per heavy atom. The summed E-state index contributed by atoms with van der Waals surface area (Å²) in [5.41, 5.74) is -0.00156. The minimum atomic E-state index is -0.708. The van der Waals surface area contributed by atoms with Crippen molar-refractivity contribution in [2.45, 2.75) is 6.42 Å². The van der Waals surface area contributed by atoms with Crippen molar-refractivity contribution in [2.75, 3.05) is 0 Å². The number of carbonyl (C=O) groups is 3. The Balaban J connectivity index is 1.55. The molecule has 1 aliphatic heterocycles. The van der Waals surface area contributed by atoms with Gasteiger partial charge in [0.1, 0.15) is 5.75 Å². The SMILES string of the molecule is O=C(c1ccccc1O)N1C(=O)[C@@H]2[C@H]3C=C[C@@H]([C@@H]4C[C@@H]34)[C@H]2C1=O. The van der Waals surface area contributed by atoms with Crippen molar-refractivity contribution in [1.82, 2.24) is 4.90 Å². The van der Waals surface area contributed by atoms with Crippen LogP contribution in [0.1, 0.15) is 16.8 Å². The molecule has 5 aliphatic rings. The molecule has 1 aromatic carbocycles. The van der Waals surface area contributed by atoms with Crippen LogP contribution in [0.15, 0.2) is 36.4 Å².